The number of nitrogens with one attached hydrogen (secondary N) is 1. The van der Waals surface area contributed by atoms with Crippen molar-refractivity contribution in [3.8, 4) is 5.75 Å². The second kappa shape index (κ2) is 7.89. The average molecular weight is 384 g/mol. The molecule has 136 valence electrons. The largest absolute Gasteiger partial charge is 0.496 e. The van der Waals surface area contributed by atoms with Gasteiger partial charge in [-0.25, -0.2) is 8.42 Å². The third-order valence-corrected chi connectivity index (χ3v) is 6.37. The number of para-hydroxylation sites is 1. The van der Waals surface area contributed by atoms with Gasteiger partial charge in [-0.05, 0) is 6.07 Å². The van der Waals surface area contributed by atoms with Gasteiger partial charge in [0.1, 0.15) is 5.75 Å². The maximum atomic E-state index is 12.6. The van der Waals surface area contributed by atoms with Gasteiger partial charge in [0.05, 0.1) is 7.11 Å². The van der Waals surface area contributed by atoms with Crippen molar-refractivity contribution < 1.29 is 17.9 Å². The molecule has 1 aromatic carbocycles. The average Bonchev–Trinajstić information content (AvgIpc) is 3.04. The topological polar surface area (TPSA) is 101 Å². The number of benzene rings is 1. The Morgan fingerprint density at radius 2 is 2.00 bits per heavy atom. The Kier molecular flexibility index (Phi) is 6.09. The minimum absolute atomic E-state index is 0.125. The highest BCUT2D eigenvalue weighted by Crippen LogP contribution is 2.26. The van der Waals surface area contributed by atoms with Crippen LogP contribution in [-0.2, 0) is 21.4 Å². The lowest BCUT2D eigenvalue weighted by Gasteiger charge is -2.16. The predicted molar refractivity (Wildman–Crippen MR) is 95.0 cm³/mol. The van der Waals surface area contributed by atoms with Crippen LogP contribution < -0.4 is 10.1 Å². The normalized spacial score (nSPS) is 11.8. The first-order chi connectivity index (χ1) is 11.8. The van der Waals surface area contributed by atoms with Crippen LogP contribution in [0.25, 0.3) is 0 Å². The van der Waals surface area contributed by atoms with Crippen LogP contribution in [0.2, 0.25) is 0 Å². The van der Waals surface area contributed by atoms with Crippen LogP contribution in [0, 0.1) is 5.92 Å². The van der Waals surface area contributed by atoms with Crippen LogP contribution in [-0.4, -0.2) is 43.0 Å². The zero-order valence-corrected chi connectivity index (χ0v) is 16.0. The summed E-state index contributed by atoms with van der Waals surface area (Å²) in [6, 6.07) is 7.17. The SMILES string of the molecule is COc1ccccc1CN(C)S(=O)(=O)c1nnc(NC(=O)C(C)C)s1. The second-order valence-corrected chi connectivity index (χ2v) is 8.79. The van der Waals surface area contributed by atoms with Gasteiger partial charge in [-0.1, -0.05) is 43.4 Å². The van der Waals surface area contributed by atoms with Gasteiger partial charge in [-0.3, -0.25) is 4.79 Å². The van der Waals surface area contributed by atoms with Crippen LogP contribution in [0.5, 0.6) is 5.75 Å². The van der Waals surface area contributed by atoms with Crippen LogP contribution in [0.1, 0.15) is 19.4 Å². The van der Waals surface area contributed by atoms with Gasteiger partial charge in [0.25, 0.3) is 10.0 Å². The molecule has 0 atom stereocenters. The Morgan fingerprint density at radius 1 is 1.32 bits per heavy atom. The summed E-state index contributed by atoms with van der Waals surface area (Å²) >= 11 is 0.819. The van der Waals surface area contributed by atoms with Gasteiger partial charge < -0.3 is 10.1 Å². The highest BCUT2D eigenvalue weighted by Gasteiger charge is 2.27. The zero-order valence-electron chi connectivity index (χ0n) is 14.4. The molecule has 0 unspecified atom stereocenters. The first kappa shape index (κ1) is 19.3. The second-order valence-electron chi connectivity index (χ2n) is 5.59. The molecule has 25 heavy (non-hydrogen) atoms. The molecular weight excluding hydrogens is 364 g/mol. The summed E-state index contributed by atoms with van der Waals surface area (Å²) < 4.78 is 31.5. The van der Waals surface area contributed by atoms with E-state index in [0.29, 0.717) is 5.75 Å². The van der Waals surface area contributed by atoms with Gasteiger partial charge in [0.2, 0.25) is 15.4 Å². The van der Waals surface area contributed by atoms with E-state index in [-0.39, 0.29) is 27.8 Å². The van der Waals surface area contributed by atoms with Crippen molar-refractivity contribution >= 4 is 32.4 Å². The quantitative estimate of drug-likeness (QED) is 0.732. The van der Waals surface area contributed by atoms with E-state index in [1.165, 1.54) is 18.5 Å². The van der Waals surface area contributed by atoms with Gasteiger partial charge in [0.15, 0.2) is 0 Å². The van der Waals surface area contributed by atoms with Gasteiger partial charge in [0, 0.05) is 25.1 Å². The first-order valence-electron chi connectivity index (χ1n) is 7.48. The smallest absolute Gasteiger partial charge is 0.272 e. The van der Waals surface area contributed by atoms with Crippen molar-refractivity contribution in [2.24, 2.45) is 5.92 Å². The fourth-order valence-electron chi connectivity index (χ4n) is 1.91. The van der Waals surface area contributed by atoms with E-state index in [9.17, 15) is 13.2 Å². The Labute approximate surface area is 150 Å². The van der Waals surface area contributed by atoms with E-state index >= 15 is 0 Å². The fraction of sp³-hybridized carbons (Fsp3) is 0.400. The molecule has 0 radical (unpaired) electrons. The lowest BCUT2D eigenvalue weighted by Crippen LogP contribution is -2.26. The van der Waals surface area contributed by atoms with Crippen molar-refractivity contribution in [3.05, 3.63) is 29.8 Å². The Bertz CT molecular complexity index is 849. The number of carbonyl (C=O) groups excluding carboxylic acids is 1. The number of ether oxygens (including phenoxy) is 1. The lowest BCUT2D eigenvalue weighted by molar-refractivity contribution is -0.118. The number of anilines is 1. The van der Waals surface area contributed by atoms with Crippen LogP contribution in [0.4, 0.5) is 5.13 Å². The summed E-state index contributed by atoms with van der Waals surface area (Å²) in [6.07, 6.45) is 0. The molecule has 0 bridgehead atoms. The molecule has 0 aliphatic rings. The van der Waals surface area contributed by atoms with Crippen molar-refractivity contribution in [2.75, 3.05) is 19.5 Å². The van der Waals surface area contributed by atoms with Crippen molar-refractivity contribution in [1.29, 1.82) is 0 Å². The molecule has 0 saturated heterocycles. The summed E-state index contributed by atoms with van der Waals surface area (Å²) in [4.78, 5) is 11.7. The maximum absolute atomic E-state index is 12.6. The van der Waals surface area contributed by atoms with E-state index < -0.39 is 10.0 Å². The summed E-state index contributed by atoms with van der Waals surface area (Å²) in [5.74, 6) is 0.117. The van der Waals surface area contributed by atoms with Crippen LogP contribution in [0.3, 0.4) is 0 Å². The summed E-state index contributed by atoms with van der Waals surface area (Å²) in [5.41, 5.74) is 0.730. The van der Waals surface area contributed by atoms with E-state index in [0.717, 1.165) is 16.9 Å². The Balaban J connectivity index is 2.18. The van der Waals surface area contributed by atoms with Gasteiger partial charge >= 0.3 is 0 Å². The molecule has 0 aliphatic carbocycles. The molecular formula is C15H20N4O4S2. The van der Waals surface area contributed by atoms with E-state index in [4.69, 9.17) is 4.74 Å². The standard InChI is InChI=1S/C15H20N4O4S2/c1-10(2)13(20)16-14-17-18-15(24-14)25(21,22)19(3)9-11-7-5-6-8-12(11)23-4/h5-8,10H,9H2,1-4H3,(H,16,17,20). The third-order valence-electron chi connectivity index (χ3n) is 3.38. The van der Waals surface area contributed by atoms with Crippen molar-refractivity contribution in [2.45, 2.75) is 24.7 Å². The minimum Gasteiger partial charge on any atom is -0.496 e. The molecule has 2 rings (SSSR count). The number of hydrogen-bond acceptors (Lipinski definition) is 7. The monoisotopic (exact) mass is 384 g/mol. The van der Waals surface area contributed by atoms with Crippen LogP contribution in [0.15, 0.2) is 28.6 Å². The van der Waals surface area contributed by atoms with E-state index in [2.05, 4.69) is 15.5 Å². The molecule has 0 saturated carbocycles. The Hall–Kier alpha value is -2.04. The highest BCUT2D eigenvalue weighted by molar-refractivity contribution is 7.91. The van der Waals surface area contributed by atoms with E-state index in [1.54, 1.807) is 26.0 Å². The number of rotatable bonds is 7. The van der Waals surface area contributed by atoms with Crippen molar-refractivity contribution in [1.82, 2.24) is 14.5 Å². The Morgan fingerprint density at radius 3 is 2.64 bits per heavy atom. The summed E-state index contributed by atoms with van der Waals surface area (Å²) in [6.45, 7) is 3.59. The number of amides is 1. The molecule has 1 heterocycles. The number of hydrogen-bond donors (Lipinski definition) is 1. The molecule has 2 aromatic rings. The first-order valence-corrected chi connectivity index (χ1v) is 9.74. The highest BCUT2D eigenvalue weighted by atomic mass is 32.2. The third kappa shape index (κ3) is 4.53. The summed E-state index contributed by atoms with van der Waals surface area (Å²) in [7, 11) is -0.843. The predicted octanol–water partition coefficient (Wildman–Crippen LogP) is 1.96. The number of nitrogens with zero attached hydrogens (tertiary/aromatic N) is 3. The zero-order chi connectivity index (χ0) is 18.6. The molecule has 8 nitrogen and oxygen atoms in total. The maximum Gasteiger partial charge on any atom is 0.272 e. The summed E-state index contributed by atoms with van der Waals surface area (Å²) in [5, 5.41) is 10.1. The van der Waals surface area contributed by atoms with Crippen LogP contribution >= 0.6 is 11.3 Å². The molecule has 10 heteroatoms. The molecule has 0 fully saturated rings. The number of sulfonamides is 1. The molecule has 1 amide bonds. The number of methoxy groups -OCH3 is 1. The molecule has 0 aliphatic heterocycles. The molecule has 0 spiro atoms. The van der Waals surface area contributed by atoms with Crippen molar-refractivity contribution in [3.63, 3.8) is 0 Å². The van der Waals surface area contributed by atoms with E-state index in [1.807, 2.05) is 12.1 Å². The number of carbonyl (C=O) groups is 1. The number of aromatic nitrogens is 2. The lowest BCUT2D eigenvalue weighted by atomic mass is 10.2. The fourth-order valence-corrected chi connectivity index (χ4v) is 4.15. The van der Waals surface area contributed by atoms with Gasteiger partial charge in [-0.15, -0.1) is 10.2 Å². The molecule has 1 N–H and O–H groups in total. The minimum atomic E-state index is -3.83. The molecule has 1 aromatic heterocycles. The van der Waals surface area contributed by atoms with Gasteiger partial charge in [-0.2, -0.15) is 4.31 Å².